The molecule has 0 spiro atoms. The molecule has 0 unspecified atom stereocenters. The highest BCUT2D eigenvalue weighted by Crippen LogP contribution is 2.29. The van der Waals surface area contributed by atoms with E-state index in [1.807, 2.05) is 26.8 Å². The van der Waals surface area contributed by atoms with Crippen LogP contribution in [0.2, 0.25) is 0 Å². The number of fused-ring (bicyclic) bond motifs is 1. The van der Waals surface area contributed by atoms with Crippen molar-refractivity contribution in [2.24, 2.45) is 0 Å². The number of nitrogens with zero attached hydrogens (tertiary/aromatic N) is 6. The molecule has 4 heterocycles. The number of morpholine rings is 1. The summed E-state index contributed by atoms with van der Waals surface area (Å²) in [6, 6.07) is 1.81. The van der Waals surface area contributed by atoms with Crippen molar-refractivity contribution in [1.82, 2.24) is 24.4 Å². The molecule has 0 aromatic carbocycles. The number of amides is 1. The van der Waals surface area contributed by atoms with E-state index in [2.05, 4.69) is 25.4 Å². The molecule has 160 valence electrons. The van der Waals surface area contributed by atoms with Crippen molar-refractivity contribution < 1.29 is 18.3 Å². The van der Waals surface area contributed by atoms with Crippen LogP contribution in [0, 0.1) is 0 Å². The monoisotopic (exact) mass is 419 g/mol. The highest BCUT2D eigenvalue weighted by Gasteiger charge is 2.25. The number of aromatic nitrogens is 5. The number of nitrogens with one attached hydrogen (secondary N) is 1. The maximum absolute atomic E-state index is 13.5. The van der Waals surface area contributed by atoms with Crippen molar-refractivity contribution in [3.63, 3.8) is 0 Å². The zero-order chi connectivity index (χ0) is 21.5. The van der Waals surface area contributed by atoms with Gasteiger partial charge < -0.3 is 15.0 Å². The molecule has 30 heavy (non-hydrogen) atoms. The Labute approximate surface area is 171 Å². The standard InChI is InChI=1S/C19H23F2N7O2/c1-19(2,3)28-11-13(15(25-28)16(20)21)23-18(29)12-10-22-27-5-4-14(24-17(12)27)26-6-8-30-9-7-26/h4-5,10-11,16H,6-9H2,1-3H3,(H,23,29). The number of rotatable bonds is 4. The fourth-order valence-corrected chi connectivity index (χ4v) is 3.17. The second kappa shape index (κ2) is 7.63. The Balaban J connectivity index is 1.64. The highest BCUT2D eigenvalue weighted by molar-refractivity contribution is 6.08. The molecule has 11 heteroatoms. The summed E-state index contributed by atoms with van der Waals surface area (Å²) in [7, 11) is 0. The molecule has 1 saturated heterocycles. The molecule has 0 radical (unpaired) electrons. The van der Waals surface area contributed by atoms with Crippen molar-refractivity contribution in [1.29, 1.82) is 0 Å². The fourth-order valence-electron chi connectivity index (χ4n) is 3.17. The lowest BCUT2D eigenvalue weighted by Gasteiger charge is -2.27. The van der Waals surface area contributed by atoms with Crippen LogP contribution >= 0.6 is 0 Å². The molecule has 0 atom stereocenters. The molecule has 1 aliphatic rings. The summed E-state index contributed by atoms with van der Waals surface area (Å²) in [5, 5.41) is 10.6. The zero-order valence-corrected chi connectivity index (χ0v) is 17.0. The minimum absolute atomic E-state index is 0.0337. The first-order valence-corrected chi connectivity index (χ1v) is 9.60. The van der Waals surface area contributed by atoms with Gasteiger partial charge in [0.25, 0.3) is 12.3 Å². The van der Waals surface area contributed by atoms with Gasteiger partial charge in [-0.2, -0.15) is 10.2 Å². The maximum Gasteiger partial charge on any atom is 0.284 e. The molecular weight excluding hydrogens is 396 g/mol. The van der Waals surface area contributed by atoms with Gasteiger partial charge in [0.05, 0.1) is 30.6 Å². The average molecular weight is 419 g/mol. The number of hydrogen-bond donors (Lipinski definition) is 1. The van der Waals surface area contributed by atoms with Gasteiger partial charge in [-0.05, 0) is 26.8 Å². The molecule has 1 fully saturated rings. The maximum atomic E-state index is 13.5. The van der Waals surface area contributed by atoms with Crippen molar-refractivity contribution in [2.75, 3.05) is 36.5 Å². The molecule has 4 rings (SSSR count). The third-order valence-electron chi connectivity index (χ3n) is 4.82. The van der Waals surface area contributed by atoms with Crippen LogP contribution in [0.15, 0.2) is 24.7 Å². The van der Waals surface area contributed by atoms with Gasteiger partial charge in [-0.25, -0.2) is 18.3 Å². The molecule has 0 bridgehead atoms. The van der Waals surface area contributed by atoms with Crippen LogP contribution in [-0.2, 0) is 10.3 Å². The summed E-state index contributed by atoms with van der Waals surface area (Å²) in [4.78, 5) is 19.5. The fraction of sp³-hybridized carbons (Fsp3) is 0.474. The van der Waals surface area contributed by atoms with Gasteiger partial charge in [0.2, 0.25) is 0 Å². The van der Waals surface area contributed by atoms with E-state index in [9.17, 15) is 13.6 Å². The molecule has 0 aliphatic carbocycles. The Morgan fingerprint density at radius 1 is 1.27 bits per heavy atom. The first-order chi connectivity index (χ1) is 14.2. The van der Waals surface area contributed by atoms with E-state index in [4.69, 9.17) is 4.74 Å². The third kappa shape index (κ3) is 3.84. The van der Waals surface area contributed by atoms with E-state index in [1.54, 1.807) is 6.20 Å². The number of carbonyl (C=O) groups excluding carboxylic acids is 1. The minimum Gasteiger partial charge on any atom is -0.378 e. The lowest BCUT2D eigenvalue weighted by atomic mass is 10.1. The lowest BCUT2D eigenvalue weighted by molar-refractivity contribution is 0.102. The quantitative estimate of drug-likeness (QED) is 0.700. The number of alkyl halides is 2. The normalized spacial score (nSPS) is 15.2. The van der Waals surface area contributed by atoms with Crippen LogP contribution in [0.5, 0.6) is 0 Å². The van der Waals surface area contributed by atoms with Crippen molar-refractivity contribution in [2.45, 2.75) is 32.7 Å². The Morgan fingerprint density at radius 2 is 2.00 bits per heavy atom. The van der Waals surface area contributed by atoms with Crippen molar-refractivity contribution in [3.05, 3.63) is 35.9 Å². The number of hydrogen-bond acceptors (Lipinski definition) is 6. The van der Waals surface area contributed by atoms with Gasteiger partial charge >= 0.3 is 0 Å². The SMILES string of the molecule is CC(C)(C)n1cc(NC(=O)c2cnn3ccc(N4CCOCC4)nc23)c(C(F)F)n1. The second-order valence-corrected chi connectivity index (χ2v) is 8.01. The molecule has 9 nitrogen and oxygen atoms in total. The molecule has 1 N–H and O–H groups in total. The summed E-state index contributed by atoms with van der Waals surface area (Å²) in [5.74, 6) is 0.126. The van der Waals surface area contributed by atoms with Crippen LogP contribution < -0.4 is 10.2 Å². The van der Waals surface area contributed by atoms with Gasteiger partial charge in [0.15, 0.2) is 11.3 Å². The van der Waals surface area contributed by atoms with Crippen LogP contribution in [0.25, 0.3) is 5.65 Å². The van der Waals surface area contributed by atoms with E-state index >= 15 is 0 Å². The summed E-state index contributed by atoms with van der Waals surface area (Å²) >= 11 is 0. The molecule has 3 aromatic heterocycles. The summed E-state index contributed by atoms with van der Waals surface area (Å²) < 4.78 is 35.2. The van der Waals surface area contributed by atoms with Crippen LogP contribution in [-0.4, -0.2) is 56.6 Å². The molecule has 3 aromatic rings. The smallest absolute Gasteiger partial charge is 0.284 e. The van der Waals surface area contributed by atoms with Gasteiger partial charge in [0.1, 0.15) is 11.4 Å². The first kappa shape index (κ1) is 20.2. The summed E-state index contributed by atoms with van der Waals surface area (Å²) in [6.07, 6.45) is 1.68. The summed E-state index contributed by atoms with van der Waals surface area (Å²) in [5.41, 5.74) is -0.483. The Morgan fingerprint density at radius 3 is 2.67 bits per heavy atom. The predicted octanol–water partition coefficient (Wildman–Crippen LogP) is 2.71. The van der Waals surface area contributed by atoms with Crippen molar-refractivity contribution >= 4 is 23.1 Å². The topological polar surface area (TPSA) is 89.6 Å². The minimum atomic E-state index is -2.82. The number of halogens is 2. The number of carbonyl (C=O) groups is 1. The highest BCUT2D eigenvalue weighted by atomic mass is 19.3. The van der Waals surface area contributed by atoms with Crippen LogP contribution in [0.1, 0.15) is 43.2 Å². The average Bonchev–Trinajstić information content (AvgIpc) is 3.32. The molecule has 1 aliphatic heterocycles. The third-order valence-corrected chi connectivity index (χ3v) is 4.82. The van der Waals surface area contributed by atoms with E-state index in [-0.39, 0.29) is 11.3 Å². The zero-order valence-electron chi connectivity index (χ0n) is 17.0. The Kier molecular flexibility index (Phi) is 5.14. The Bertz CT molecular complexity index is 1060. The lowest BCUT2D eigenvalue weighted by Crippen LogP contribution is -2.36. The van der Waals surface area contributed by atoms with Gasteiger partial charge in [-0.3, -0.25) is 9.48 Å². The first-order valence-electron chi connectivity index (χ1n) is 9.60. The largest absolute Gasteiger partial charge is 0.378 e. The Hall–Kier alpha value is -3.08. The van der Waals surface area contributed by atoms with Crippen LogP contribution in [0.4, 0.5) is 20.3 Å². The van der Waals surface area contributed by atoms with E-state index in [0.29, 0.717) is 37.8 Å². The van der Waals surface area contributed by atoms with E-state index in [0.717, 1.165) is 0 Å². The van der Waals surface area contributed by atoms with Gasteiger partial charge in [0, 0.05) is 25.5 Å². The number of anilines is 2. The molecular formula is C19H23F2N7O2. The van der Waals surface area contributed by atoms with Crippen molar-refractivity contribution in [3.8, 4) is 0 Å². The van der Waals surface area contributed by atoms with Gasteiger partial charge in [-0.15, -0.1) is 0 Å². The molecule has 1 amide bonds. The van der Waals surface area contributed by atoms with E-state index in [1.165, 1.54) is 21.6 Å². The predicted molar refractivity (Wildman–Crippen MR) is 106 cm³/mol. The summed E-state index contributed by atoms with van der Waals surface area (Å²) in [6.45, 7) is 8.11. The number of ether oxygens (including phenoxy) is 1. The second-order valence-electron chi connectivity index (χ2n) is 8.01. The molecule has 0 saturated carbocycles. The van der Waals surface area contributed by atoms with Gasteiger partial charge in [-0.1, -0.05) is 0 Å². The van der Waals surface area contributed by atoms with E-state index < -0.39 is 23.6 Å². The van der Waals surface area contributed by atoms with Crippen LogP contribution in [0.3, 0.4) is 0 Å².